The Kier molecular flexibility index (Phi) is 5.01. The highest BCUT2D eigenvalue weighted by Gasteiger charge is 2.37. The van der Waals surface area contributed by atoms with Gasteiger partial charge in [0.1, 0.15) is 0 Å². The van der Waals surface area contributed by atoms with Gasteiger partial charge in [0.25, 0.3) is 5.91 Å². The van der Waals surface area contributed by atoms with Gasteiger partial charge in [0, 0.05) is 31.3 Å². The van der Waals surface area contributed by atoms with Crippen LogP contribution >= 0.6 is 0 Å². The molecule has 3 aliphatic rings. The number of carbonyl (C=O) groups is 2. The fraction of sp³-hybridized carbons (Fsp3) is 0.882. The van der Waals surface area contributed by atoms with E-state index < -0.39 is 0 Å². The Morgan fingerprint density at radius 1 is 1.00 bits per heavy atom. The van der Waals surface area contributed by atoms with Crippen LogP contribution in [0.2, 0.25) is 0 Å². The molecule has 0 unspecified atom stereocenters. The van der Waals surface area contributed by atoms with E-state index in [1.807, 2.05) is 0 Å². The summed E-state index contributed by atoms with van der Waals surface area (Å²) in [5.74, 6) is 0.939. The van der Waals surface area contributed by atoms with Crippen LogP contribution in [-0.2, 0) is 9.59 Å². The molecule has 0 aromatic rings. The minimum Gasteiger partial charge on any atom is -0.369 e. The van der Waals surface area contributed by atoms with E-state index in [9.17, 15) is 9.59 Å². The van der Waals surface area contributed by atoms with Crippen molar-refractivity contribution in [2.45, 2.75) is 57.4 Å². The Hall–Kier alpha value is -1.10. The van der Waals surface area contributed by atoms with Crippen LogP contribution in [0, 0.1) is 11.8 Å². The number of amides is 2. The van der Waals surface area contributed by atoms with Crippen LogP contribution in [0.5, 0.6) is 0 Å². The van der Waals surface area contributed by atoms with Gasteiger partial charge in [0.05, 0.1) is 13.1 Å². The van der Waals surface area contributed by atoms with Gasteiger partial charge in [0.2, 0.25) is 5.91 Å². The monoisotopic (exact) mass is 308 g/mol. The molecule has 2 amide bonds. The van der Waals surface area contributed by atoms with Crippen LogP contribution in [0.15, 0.2) is 0 Å². The normalized spacial score (nSPS) is 35.7. The second-order valence-electron chi connectivity index (χ2n) is 7.44. The van der Waals surface area contributed by atoms with Crippen molar-refractivity contribution in [3.8, 4) is 0 Å². The fourth-order valence-corrected chi connectivity index (χ4v) is 4.74. The highest BCUT2D eigenvalue weighted by atomic mass is 16.2. The zero-order valence-electron chi connectivity index (χ0n) is 13.6. The molecular formula is C17H30N3O2+. The average Bonchev–Trinajstić information content (AvgIpc) is 2.54. The molecule has 1 aliphatic carbocycles. The standard InChI is InChI=1S/C17H29N3O2/c18-17(22)14-7-10-19(11-8-14)12-16(21)20-9-3-5-13-4-1-2-6-15(13)20/h13-15H,1-12H2,(H2,18,22)/p+1/t13-,15+/m0/s1. The first-order chi connectivity index (χ1) is 10.6. The van der Waals surface area contributed by atoms with Crippen molar-refractivity contribution in [2.75, 3.05) is 26.2 Å². The quantitative estimate of drug-likeness (QED) is 0.767. The Balaban J connectivity index is 1.52. The van der Waals surface area contributed by atoms with E-state index in [-0.39, 0.29) is 11.8 Å². The Morgan fingerprint density at radius 3 is 2.41 bits per heavy atom. The van der Waals surface area contributed by atoms with Crippen molar-refractivity contribution >= 4 is 11.8 Å². The van der Waals surface area contributed by atoms with Gasteiger partial charge in [-0.15, -0.1) is 0 Å². The summed E-state index contributed by atoms with van der Waals surface area (Å²) in [7, 11) is 0. The smallest absolute Gasteiger partial charge is 0.278 e. The van der Waals surface area contributed by atoms with Crippen molar-refractivity contribution in [2.24, 2.45) is 17.6 Å². The van der Waals surface area contributed by atoms with Gasteiger partial charge in [-0.25, -0.2) is 0 Å². The second-order valence-corrected chi connectivity index (χ2v) is 7.44. The van der Waals surface area contributed by atoms with Crippen LogP contribution in [-0.4, -0.2) is 48.9 Å². The lowest BCUT2D eigenvalue weighted by molar-refractivity contribution is -0.898. The minimum absolute atomic E-state index is 0.0246. The van der Waals surface area contributed by atoms with Gasteiger partial charge in [-0.05, 0) is 31.6 Å². The van der Waals surface area contributed by atoms with Gasteiger partial charge in [-0.2, -0.15) is 0 Å². The number of quaternary nitrogens is 1. The number of hydrogen-bond acceptors (Lipinski definition) is 2. The number of nitrogens with zero attached hydrogens (tertiary/aromatic N) is 1. The molecule has 0 aromatic heterocycles. The third-order valence-corrected chi connectivity index (χ3v) is 6.06. The van der Waals surface area contributed by atoms with E-state index in [1.54, 1.807) is 0 Å². The lowest BCUT2D eigenvalue weighted by atomic mass is 9.78. The highest BCUT2D eigenvalue weighted by molar-refractivity contribution is 5.78. The van der Waals surface area contributed by atoms with Crippen LogP contribution in [0.1, 0.15) is 51.4 Å². The van der Waals surface area contributed by atoms with Crippen LogP contribution in [0.25, 0.3) is 0 Å². The molecule has 5 nitrogen and oxygen atoms in total. The summed E-state index contributed by atoms with van der Waals surface area (Å²) >= 11 is 0. The number of piperidine rings is 2. The summed E-state index contributed by atoms with van der Waals surface area (Å²) in [4.78, 5) is 27.5. The number of hydrogen-bond donors (Lipinski definition) is 2. The van der Waals surface area contributed by atoms with Crippen molar-refractivity contribution in [3.63, 3.8) is 0 Å². The molecule has 0 radical (unpaired) electrons. The van der Waals surface area contributed by atoms with Crippen LogP contribution < -0.4 is 10.6 Å². The number of nitrogens with two attached hydrogens (primary N) is 1. The van der Waals surface area contributed by atoms with E-state index in [1.165, 1.54) is 43.4 Å². The molecule has 0 spiro atoms. The van der Waals surface area contributed by atoms with E-state index in [2.05, 4.69) is 4.90 Å². The number of rotatable bonds is 3. The van der Waals surface area contributed by atoms with Gasteiger partial charge >= 0.3 is 0 Å². The number of fused-ring (bicyclic) bond motifs is 1. The molecular weight excluding hydrogens is 278 g/mol. The highest BCUT2D eigenvalue weighted by Crippen LogP contribution is 2.35. The first-order valence-corrected chi connectivity index (χ1v) is 9.07. The first kappa shape index (κ1) is 15.8. The van der Waals surface area contributed by atoms with E-state index >= 15 is 0 Å². The molecule has 3 fully saturated rings. The number of carbonyl (C=O) groups excluding carboxylic acids is 2. The molecule has 0 bridgehead atoms. The topological polar surface area (TPSA) is 67.8 Å². The first-order valence-electron chi connectivity index (χ1n) is 9.07. The SMILES string of the molecule is NC(=O)C1CC[NH+](CC(=O)N2CCC[C@@H]3CCCC[C@H]32)CC1. The van der Waals surface area contributed by atoms with Crippen LogP contribution in [0.4, 0.5) is 0 Å². The third kappa shape index (κ3) is 3.45. The van der Waals surface area contributed by atoms with E-state index in [4.69, 9.17) is 5.73 Å². The van der Waals surface area contributed by atoms with Crippen molar-refractivity contribution in [3.05, 3.63) is 0 Å². The second kappa shape index (κ2) is 6.99. The molecule has 3 N–H and O–H groups in total. The Bertz CT molecular complexity index is 416. The summed E-state index contributed by atoms with van der Waals surface area (Å²) < 4.78 is 0. The average molecular weight is 308 g/mol. The largest absolute Gasteiger partial charge is 0.369 e. The lowest BCUT2D eigenvalue weighted by Gasteiger charge is -2.44. The fourth-order valence-electron chi connectivity index (χ4n) is 4.74. The summed E-state index contributed by atoms with van der Waals surface area (Å²) in [5.41, 5.74) is 5.38. The molecule has 2 heterocycles. The molecule has 1 saturated carbocycles. The molecule has 5 heteroatoms. The summed E-state index contributed by atoms with van der Waals surface area (Å²) in [6.07, 6.45) is 9.29. The zero-order valence-corrected chi connectivity index (χ0v) is 13.6. The maximum Gasteiger partial charge on any atom is 0.278 e. The molecule has 3 rings (SSSR count). The predicted octanol–water partition coefficient (Wildman–Crippen LogP) is -0.0522. The summed E-state index contributed by atoms with van der Waals surface area (Å²) in [6.45, 7) is 3.37. The summed E-state index contributed by atoms with van der Waals surface area (Å²) in [6, 6.07) is 0.512. The molecule has 2 saturated heterocycles. The van der Waals surface area contributed by atoms with Crippen molar-refractivity contribution in [1.29, 1.82) is 0 Å². The maximum absolute atomic E-state index is 12.8. The molecule has 2 atom stereocenters. The number of likely N-dealkylation sites (tertiary alicyclic amines) is 2. The van der Waals surface area contributed by atoms with Gasteiger partial charge in [0.15, 0.2) is 6.54 Å². The number of primary amides is 1. The third-order valence-electron chi connectivity index (χ3n) is 6.06. The zero-order chi connectivity index (χ0) is 15.5. The Labute approximate surface area is 133 Å². The van der Waals surface area contributed by atoms with Crippen molar-refractivity contribution in [1.82, 2.24) is 4.90 Å². The maximum atomic E-state index is 12.8. The van der Waals surface area contributed by atoms with Gasteiger partial charge in [-0.3, -0.25) is 9.59 Å². The summed E-state index contributed by atoms with van der Waals surface area (Å²) in [5, 5.41) is 0. The van der Waals surface area contributed by atoms with Crippen molar-refractivity contribution < 1.29 is 14.5 Å². The van der Waals surface area contributed by atoms with Gasteiger partial charge < -0.3 is 15.5 Å². The van der Waals surface area contributed by atoms with Gasteiger partial charge in [-0.1, -0.05) is 12.8 Å². The van der Waals surface area contributed by atoms with E-state index in [0.717, 1.165) is 38.4 Å². The minimum atomic E-state index is -0.175. The number of nitrogens with one attached hydrogen (secondary N) is 1. The molecule has 0 aromatic carbocycles. The predicted molar refractivity (Wildman–Crippen MR) is 84.2 cm³/mol. The Morgan fingerprint density at radius 2 is 1.68 bits per heavy atom. The molecule has 2 aliphatic heterocycles. The molecule has 124 valence electrons. The molecule has 22 heavy (non-hydrogen) atoms. The lowest BCUT2D eigenvalue weighted by Crippen LogP contribution is -3.14. The van der Waals surface area contributed by atoms with Crippen LogP contribution in [0.3, 0.4) is 0 Å². The van der Waals surface area contributed by atoms with E-state index in [0.29, 0.717) is 18.5 Å².